The number of hydrogen-bond donors (Lipinski definition) is 1. The van der Waals surface area contributed by atoms with E-state index in [-0.39, 0.29) is 5.56 Å². The monoisotopic (exact) mass is 388 g/mol. The Hall–Kier alpha value is -3.22. The molecule has 0 aliphatic rings. The molecule has 2 N–H and O–H groups in total. The molecular formula is C23H24N4O2. The summed E-state index contributed by atoms with van der Waals surface area (Å²) in [4.78, 5) is 13.3. The van der Waals surface area contributed by atoms with Crippen LogP contribution in [0.2, 0.25) is 0 Å². The van der Waals surface area contributed by atoms with Gasteiger partial charge in [-0.1, -0.05) is 48.5 Å². The fourth-order valence-electron chi connectivity index (χ4n) is 3.40. The van der Waals surface area contributed by atoms with Crippen LogP contribution in [0.1, 0.15) is 29.4 Å². The van der Waals surface area contributed by atoms with Crippen molar-refractivity contribution < 1.29 is 4.74 Å². The Labute approximate surface area is 169 Å². The smallest absolute Gasteiger partial charge is 0.282 e. The van der Waals surface area contributed by atoms with Crippen LogP contribution >= 0.6 is 0 Å². The second kappa shape index (κ2) is 8.43. The van der Waals surface area contributed by atoms with E-state index in [1.54, 1.807) is 15.3 Å². The van der Waals surface area contributed by atoms with Crippen LogP contribution < -0.4 is 11.3 Å². The number of para-hydroxylation sites is 1. The molecule has 4 aromatic rings. The minimum Gasteiger partial charge on any atom is -0.377 e. The zero-order chi connectivity index (χ0) is 20.2. The molecule has 0 aliphatic heterocycles. The summed E-state index contributed by atoms with van der Waals surface area (Å²) in [6.07, 6.45) is 2.35. The Morgan fingerprint density at radius 1 is 1.03 bits per heavy atom. The summed E-state index contributed by atoms with van der Waals surface area (Å²) in [6, 6.07) is 20.9. The Balaban J connectivity index is 1.61. The molecule has 2 heterocycles. The number of nitrogens with two attached hydrogens (primary N) is 1. The molecule has 0 saturated carbocycles. The predicted octanol–water partition coefficient (Wildman–Crippen LogP) is 3.40. The highest BCUT2D eigenvalue weighted by Gasteiger charge is 2.19. The van der Waals surface area contributed by atoms with Crippen LogP contribution in [0.4, 0.5) is 0 Å². The van der Waals surface area contributed by atoms with Crippen LogP contribution in [0, 0.1) is 6.92 Å². The molecule has 0 aliphatic carbocycles. The number of aryl methyl sites for hydroxylation is 1. The van der Waals surface area contributed by atoms with Gasteiger partial charge in [0.1, 0.15) is 5.52 Å². The highest BCUT2D eigenvalue weighted by Crippen LogP contribution is 2.17. The highest BCUT2D eigenvalue weighted by atomic mass is 16.5. The van der Waals surface area contributed by atoms with Crippen molar-refractivity contribution in [1.82, 2.24) is 14.2 Å². The second-order valence-electron chi connectivity index (χ2n) is 7.06. The molecule has 0 bridgehead atoms. The first-order valence-corrected chi connectivity index (χ1v) is 9.68. The van der Waals surface area contributed by atoms with Crippen molar-refractivity contribution in [3.8, 4) is 5.69 Å². The van der Waals surface area contributed by atoms with E-state index in [2.05, 4.69) is 5.10 Å². The standard InChI is InChI=1S/C23H24N4O2/c1-17-12-14-26-21(17)23(28)27(19-10-6-3-7-11-19)22(25-26)20(24)13-15-29-16-18-8-4-2-5-9-18/h2-12,14,20H,13,15-16,24H2,1H3/t20-/m0/s1. The molecule has 1 atom stereocenters. The van der Waals surface area contributed by atoms with Crippen LogP contribution in [0.5, 0.6) is 0 Å². The van der Waals surface area contributed by atoms with E-state index in [4.69, 9.17) is 10.5 Å². The Morgan fingerprint density at radius 2 is 1.72 bits per heavy atom. The molecule has 29 heavy (non-hydrogen) atoms. The maximum atomic E-state index is 13.3. The van der Waals surface area contributed by atoms with Gasteiger partial charge in [-0.2, -0.15) is 5.10 Å². The average molecular weight is 388 g/mol. The van der Waals surface area contributed by atoms with Crippen molar-refractivity contribution in [2.45, 2.75) is 26.0 Å². The SMILES string of the molecule is Cc1ccn2nc([C@@H](N)CCOCc3ccccc3)n(-c3ccccc3)c(=O)c12. The summed E-state index contributed by atoms with van der Waals surface area (Å²) in [5.41, 5.74) is 9.66. The molecule has 0 amide bonds. The van der Waals surface area contributed by atoms with Gasteiger partial charge in [-0.25, -0.2) is 4.52 Å². The maximum Gasteiger partial charge on any atom is 0.282 e. The van der Waals surface area contributed by atoms with Crippen LogP contribution in [0.25, 0.3) is 11.2 Å². The van der Waals surface area contributed by atoms with E-state index < -0.39 is 6.04 Å². The van der Waals surface area contributed by atoms with Gasteiger partial charge >= 0.3 is 0 Å². The Kier molecular flexibility index (Phi) is 5.55. The number of hydrogen-bond acceptors (Lipinski definition) is 4. The summed E-state index contributed by atoms with van der Waals surface area (Å²) >= 11 is 0. The summed E-state index contributed by atoms with van der Waals surface area (Å²) in [5, 5.41) is 4.67. The van der Waals surface area contributed by atoms with Crippen molar-refractivity contribution in [1.29, 1.82) is 0 Å². The molecule has 0 fully saturated rings. The molecule has 2 aromatic heterocycles. The van der Waals surface area contributed by atoms with Gasteiger partial charge < -0.3 is 10.5 Å². The van der Waals surface area contributed by atoms with Gasteiger partial charge in [0.15, 0.2) is 5.82 Å². The zero-order valence-corrected chi connectivity index (χ0v) is 16.4. The number of fused-ring (bicyclic) bond motifs is 1. The summed E-state index contributed by atoms with van der Waals surface area (Å²) in [6.45, 7) is 2.91. The Morgan fingerprint density at radius 3 is 2.45 bits per heavy atom. The molecule has 6 heteroatoms. The molecule has 0 saturated heterocycles. The first-order chi connectivity index (χ1) is 14.1. The van der Waals surface area contributed by atoms with E-state index in [0.29, 0.717) is 31.0 Å². The van der Waals surface area contributed by atoms with Crippen molar-refractivity contribution in [2.75, 3.05) is 6.61 Å². The third kappa shape index (κ3) is 3.99. The number of nitrogens with zero attached hydrogens (tertiary/aromatic N) is 3. The second-order valence-corrected chi connectivity index (χ2v) is 7.06. The van der Waals surface area contributed by atoms with Gasteiger partial charge in [0.2, 0.25) is 0 Å². The molecule has 148 valence electrons. The van der Waals surface area contributed by atoms with E-state index >= 15 is 0 Å². The summed E-state index contributed by atoms with van der Waals surface area (Å²) in [7, 11) is 0. The van der Waals surface area contributed by atoms with Gasteiger partial charge in [0.25, 0.3) is 5.56 Å². The lowest BCUT2D eigenvalue weighted by molar-refractivity contribution is 0.113. The molecule has 6 nitrogen and oxygen atoms in total. The van der Waals surface area contributed by atoms with E-state index in [9.17, 15) is 4.79 Å². The first-order valence-electron chi connectivity index (χ1n) is 9.68. The number of aromatic nitrogens is 3. The summed E-state index contributed by atoms with van der Waals surface area (Å²) < 4.78 is 9.01. The quantitative estimate of drug-likeness (QED) is 0.493. The number of benzene rings is 2. The molecule has 4 rings (SSSR count). The van der Waals surface area contributed by atoms with Crippen molar-refractivity contribution in [2.24, 2.45) is 5.73 Å². The normalized spacial score (nSPS) is 12.3. The lowest BCUT2D eigenvalue weighted by Gasteiger charge is -2.18. The predicted molar refractivity (Wildman–Crippen MR) is 113 cm³/mol. The van der Waals surface area contributed by atoms with Crippen LogP contribution in [0.15, 0.2) is 77.7 Å². The summed E-state index contributed by atoms with van der Waals surface area (Å²) in [5.74, 6) is 0.521. The molecule has 2 aromatic carbocycles. The lowest BCUT2D eigenvalue weighted by atomic mass is 10.2. The maximum absolute atomic E-state index is 13.3. The van der Waals surface area contributed by atoms with Gasteiger partial charge in [0, 0.05) is 12.8 Å². The molecule has 0 radical (unpaired) electrons. The minimum atomic E-state index is -0.439. The zero-order valence-electron chi connectivity index (χ0n) is 16.4. The van der Waals surface area contributed by atoms with Gasteiger partial charge in [-0.15, -0.1) is 0 Å². The average Bonchev–Trinajstić information content (AvgIpc) is 3.13. The lowest BCUT2D eigenvalue weighted by Crippen LogP contribution is -2.31. The van der Waals surface area contributed by atoms with Gasteiger partial charge in [-0.3, -0.25) is 9.36 Å². The van der Waals surface area contributed by atoms with E-state index in [1.807, 2.05) is 73.7 Å². The van der Waals surface area contributed by atoms with E-state index in [0.717, 1.165) is 16.8 Å². The fourth-order valence-corrected chi connectivity index (χ4v) is 3.40. The van der Waals surface area contributed by atoms with Gasteiger partial charge in [0.05, 0.1) is 18.3 Å². The minimum absolute atomic E-state index is 0.121. The highest BCUT2D eigenvalue weighted by molar-refractivity contribution is 5.54. The van der Waals surface area contributed by atoms with Crippen molar-refractivity contribution >= 4 is 5.52 Å². The van der Waals surface area contributed by atoms with Crippen LogP contribution in [0.3, 0.4) is 0 Å². The molecule has 0 spiro atoms. The number of ether oxygens (including phenoxy) is 1. The van der Waals surface area contributed by atoms with E-state index in [1.165, 1.54) is 0 Å². The van der Waals surface area contributed by atoms with Crippen LogP contribution in [-0.4, -0.2) is 20.8 Å². The third-order valence-electron chi connectivity index (χ3n) is 4.94. The largest absolute Gasteiger partial charge is 0.377 e. The van der Waals surface area contributed by atoms with Crippen molar-refractivity contribution in [3.63, 3.8) is 0 Å². The molecular weight excluding hydrogens is 364 g/mol. The fraction of sp³-hybridized carbons (Fsp3) is 0.217. The van der Waals surface area contributed by atoms with Crippen molar-refractivity contribution in [3.05, 3.63) is 100 Å². The Bertz CT molecular complexity index is 1150. The third-order valence-corrected chi connectivity index (χ3v) is 4.94. The topological polar surface area (TPSA) is 74.5 Å². The van der Waals surface area contributed by atoms with Crippen LogP contribution in [-0.2, 0) is 11.3 Å². The van der Waals surface area contributed by atoms with Gasteiger partial charge in [-0.05, 0) is 42.7 Å². The first kappa shape index (κ1) is 19.1. The number of rotatable bonds is 7. The molecule has 0 unspecified atom stereocenters.